The van der Waals surface area contributed by atoms with Crippen LogP contribution >= 0.6 is 12.2 Å². The fourth-order valence-corrected chi connectivity index (χ4v) is 2.58. The lowest BCUT2D eigenvalue weighted by Gasteiger charge is -2.02. The van der Waals surface area contributed by atoms with Gasteiger partial charge < -0.3 is 4.98 Å². The quantitative estimate of drug-likeness (QED) is 0.451. The molecule has 0 aliphatic rings. The lowest BCUT2D eigenvalue weighted by molar-refractivity contribution is 0.556. The molecule has 0 saturated carbocycles. The van der Waals surface area contributed by atoms with Crippen molar-refractivity contribution in [1.29, 1.82) is 0 Å². The van der Waals surface area contributed by atoms with Crippen molar-refractivity contribution in [3.05, 3.63) is 26.9 Å². The molecule has 0 saturated heterocycles. The fraction of sp³-hybridized carbons (Fsp3) is 0.750. The van der Waals surface area contributed by atoms with E-state index in [0.717, 1.165) is 18.4 Å². The number of H-pyrrole nitrogens is 2. The van der Waals surface area contributed by atoms with E-state index in [4.69, 9.17) is 12.2 Å². The van der Waals surface area contributed by atoms with E-state index in [-0.39, 0.29) is 5.56 Å². The zero-order valence-corrected chi connectivity index (χ0v) is 13.5. The van der Waals surface area contributed by atoms with Crippen LogP contribution in [0.5, 0.6) is 0 Å². The molecule has 0 unspecified atom stereocenters. The number of nitrogens with one attached hydrogen (secondary N) is 2. The molecule has 0 aromatic carbocycles. The van der Waals surface area contributed by atoms with Crippen molar-refractivity contribution in [2.45, 2.75) is 77.6 Å². The van der Waals surface area contributed by atoms with Crippen molar-refractivity contribution in [2.24, 2.45) is 0 Å². The van der Waals surface area contributed by atoms with E-state index < -0.39 is 0 Å². The molecular weight excluding hydrogens is 268 g/mol. The van der Waals surface area contributed by atoms with Gasteiger partial charge in [-0.3, -0.25) is 9.78 Å². The van der Waals surface area contributed by atoms with Gasteiger partial charge in [0, 0.05) is 11.8 Å². The lowest BCUT2D eigenvalue weighted by atomic mass is 10.0. The van der Waals surface area contributed by atoms with Crippen LogP contribution in [-0.2, 0) is 6.42 Å². The molecule has 3 nitrogen and oxygen atoms in total. The summed E-state index contributed by atoms with van der Waals surface area (Å²) >= 11 is 4.87. The lowest BCUT2D eigenvalue weighted by Crippen LogP contribution is -2.13. The smallest absolute Gasteiger partial charge is 0.254 e. The first kappa shape index (κ1) is 17.2. The van der Waals surface area contributed by atoms with Crippen LogP contribution in [0.4, 0.5) is 0 Å². The van der Waals surface area contributed by atoms with Gasteiger partial charge in [0.05, 0.1) is 0 Å². The number of hydrogen-bond acceptors (Lipinski definition) is 2. The number of hydrogen-bond donors (Lipinski definition) is 2. The van der Waals surface area contributed by atoms with Gasteiger partial charge in [0.15, 0.2) is 4.77 Å². The van der Waals surface area contributed by atoms with Crippen LogP contribution in [0.1, 0.15) is 76.7 Å². The summed E-state index contributed by atoms with van der Waals surface area (Å²) in [5.41, 5.74) is 0.780. The average Bonchev–Trinajstić information content (AvgIpc) is 2.43. The van der Waals surface area contributed by atoms with Crippen LogP contribution in [-0.4, -0.2) is 9.97 Å². The Bertz CT molecular complexity index is 464. The Morgan fingerprint density at radius 2 is 1.50 bits per heavy atom. The van der Waals surface area contributed by atoms with Crippen molar-refractivity contribution < 1.29 is 0 Å². The molecule has 0 fully saturated rings. The zero-order valence-electron chi connectivity index (χ0n) is 12.7. The van der Waals surface area contributed by atoms with Gasteiger partial charge >= 0.3 is 0 Å². The van der Waals surface area contributed by atoms with Crippen LogP contribution < -0.4 is 5.56 Å². The van der Waals surface area contributed by atoms with Gasteiger partial charge in [-0.25, -0.2) is 0 Å². The molecule has 0 spiro atoms. The van der Waals surface area contributed by atoms with E-state index in [2.05, 4.69) is 16.9 Å². The van der Waals surface area contributed by atoms with E-state index in [1.54, 1.807) is 6.20 Å². The number of aryl methyl sites for hydroxylation is 1. The summed E-state index contributed by atoms with van der Waals surface area (Å²) in [5, 5.41) is 0. The predicted molar refractivity (Wildman–Crippen MR) is 87.8 cm³/mol. The largest absolute Gasteiger partial charge is 0.338 e. The fourth-order valence-electron chi connectivity index (χ4n) is 2.43. The van der Waals surface area contributed by atoms with Crippen molar-refractivity contribution in [2.75, 3.05) is 0 Å². The summed E-state index contributed by atoms with van der Waals surface area (Å²) in [6.45, 7) is 2.26. The van der Waals surface area contributed by atoms with Gasteiger partial charge in [0.25, 0.3) is 5.56 Å². The molecule has 4 heteroatoms. The molecule has 20 heavy (non-hydrogen) atoms. The maximum absolute atomic E-state index is 11.6. The summed E-state index contributed by atoms with van der Waals surface area (Å²) in [6.07, 6.45) is 15.8. The van der Waals surface area contributed by atoms with E-state index in [1.807, 2.05) is 0 Å². The number of unbranched alkanes of at least 4 members (excludes halogenated alkanes) is 9. The molecule has 1 aromatic rings. The van der Waals surface area contributed by atoms with Gasteiger partial charge in [-0.05, 0) is 25.1 Å². The monoisotopic (exact) mass is 296 g/mol. The Hall–Kier alpha value is -0.900. The van der Waals surface area contributed by atoms with Gasteiger partial charge in [-0.1, -0.05) is 64.7 Å². The highest BCUT2D eigenvalue weighted by molar-refractivity contribution is 7.71. The molecule has 2 N–H and O–H groups in total. The first-order valence-corrected chi connectivity index (χ1v) is 8.45. The summed E-state index contributed by atoms with van der Waals surface area (Å²) in [4.78, 5) is 17.1. The minimum Gasteiger partial charge on any atom is -0.338 e. The van der Waals surface area contributed by atoms with Gasteiger partial charge in [-0.15, -0.1) is 0 Å². The SMILES string of the molecule is CCCCCCCCCCCCc1c[nH]c(=S)[nH]c1=O. The summed E-state index contributed by atoms with van der Waals surface area (Å²) in [5.74, 6) is 0. The van der Waals surface area contributed by atoms with Gasteiger partial charge in [0.1, 0.15) is 0 Å². The second kappa shape index (κ2) is 10.8. The minimum atomic E-state index is -0.0373. The van der Waals surface area contributed by atoms with Crippen LogP contribution in [0, 0.1) is 4.77 Å². The Kier molecular flexibility index (Phi) is 9.29. The normalized spacial score (nSPS) is 10.8. The van der Waals surface area contributed by atoms with E-state index in [0.29, 0.717) is 4.77 Å². The molecule has 1 aromatic heterocycles. The standard InChI is InChI=1S/C16H28N2OS/c1-2-3-4-5-6-7-8-9-10-11-12-14-13-17-16(20)18-15(14)19/h13H,2-12H2,1H3,(H2,17,18,19,20). The molecule has 1 rings (SSSR count). The van der Waals surface area contributed by atoms with E-state index in [1.165, 1.54) is 57.8 Å². The van der Waals surface area contributed by atoms with Crippen LogP contribution in [0.15, 0.2) is 11.0 Å². The highest BCUT2D eigenvalue weighted by Gasteiger charge is 1.99. The minimum absolute atomic E-state index is 0.0373. The number of aromatic nitrogens is 2. The first-order chi connectivity index (χ1) is 9.74. The Morgan fingerprint density at radius 1 is 0.950 bits per heavy atom. The van der Waals surface area contributed by atoms with Crippen molar-refractivity contribution in [3.63, 3.8) is 0 Å². The third-order valence-electron chi connectivity index (χ3n) is 3.70. The molecule has 1 heterocycles. The zero-order chi connectivity index (χ0) is 14.6. The highest BCUT2D eigenvalue weighted by Crippen LogP contribution is 2.11. The first-order valence-electron chi connectivity index (χ1n) is 8.05. The Balaban J connectivity index is 1.99. The van der Waals surface area contributed by atoms with Gasteiger partial charge in [-0.2, -0.15) is 0 Å². The Labute approximate surface area is 127 Å². The number of aromatic amines is 2. The predicted octanol–water partition coefficient (Wildman–Crippen LogP) is 4.90. The van der Waals surface area contributed by atoms with Crippen LogP contribution in [0.2, 0.25) is 0 Å². The van der Waals surface area contributed by atoms with Crippen LogP contribution in [0.25, 0.3) is 0 Å². The van der Waals surface area contributed by atoms with Gasteiger partial charge in [0.2, 0.25) is 0 Å². The maximum atomic E-state index is 11.6. The average molecular weight is 296 g/mol. The topological polar surface area (TPSA) is 48.6 Å². The maximum Gasteiger partial charge on any atom is 0.254 e. The molecule has 114 valence electrons. The third kappa shape index (κ3) is 7.63. The molecule has 0 atom stereocenters. The molecule has 0 aliphatic carbocycles. The summed E-state index contributed by atoms with van der Waals surface area (Å²) in [6, 6.07) is 0. The second-order valence-electron chi connectivity index (χ2n) is 5.53. The summed E-state index contributed by atoms with van der Waals surface area (Å²) in [7, 11) is 0. The molecule has 0 amide bonds. The van der Waals surface area contributed by atoms with E-state index >= 15 is 0 Å². The summed E-state index contributed by atoms with van der Waals surface area (Å²) < 4.78 is 0.404. The van der Waals surface area contributed by atoms with Crippen molar-refractivity contribution >= 4 is 12.2 Å². The molecular formula is C16H28N2OS. The number of rotatable bonds is 11. The Morgan fingerprint density at radius 3 is 2.05 bits per heavy atom. The third-order valence-corrected chi connectivity index (χ3v) is 3.92. The highest BCUT2D eigenvalue weighted by atomic mass is 32.1. The molecule has 0 radical (unpaired) electrons. The van der Waals surface area contributed by atoms with Crippen molar-refractivity contribution in [1.82, 2.24) is 9.97 Å². The second-order valence-corrected chi connectivity index (χ2v) is 5.94. The molecule has 0 bridgehead atoms. The van der Waals surface area contributed by atoms with Crippen molar-refractivity contribution in [3.8, 4) is 0 Å². The van der Waals surface area contributed by atoms with Crippen LogP contribution in [0.3, 0.4) is 0 Å². The molecule has 0 aliphatic heterocycles. The van der Waals surface area contributed by atoms with E-state index in [9.17, 15) is 4.79 Å².